The van der Waals surface area contributed by atoms with Crippen molar-refractivity contribution in [3.05, 3.63) is 47.8 Å². The fourth-order valence-corrected chi connectivity index (χ4v) is 2.95. The predicted molar refractivity (Wildman–Crippen MR) is 97.6 cm³/mol. The molecule has 2 heterocycles. The first-order chi connectivity index (χ1) is 10.8. The number of fused-ring (bicyclic) bond motifs is 1. The van der Waals surface area contributed by atoms with Crippen molar-refractivity contribution < 1.29 is 0 Å². The number of allylic oxidation sites excluding steroid dienone is 2. The van der Waals surface area contributed by atoms with Gasteiger partial charge < -0.3 is 10.3 Å². The molecule has 1 aliphatic heterocycles. The second-order valence-electron chi connectivity index (χ2n) is 5.56. The molecular formula is C18H21N3S. The summed E-state index contributed by atoms with van der Waals surface area (Å²) in [7, 11) is 0. The maximum atomic E-state index is 5.43. The third-order valence-electron chi connectivity index (χ3n) is 3.94. The molecule has 0 radical (unpaired) electrons. The lowest BCUT2D eigenvalue weighted by Gasteiger charge is -2.07. The van der Waals surface area contributed by atoms with Crippen LogP contribution in [0.4, 0.5) is 0 Å². The number of aliphatic imine (C=N–C) groups is 1. The Morgan fingerprint density at radius 1 is 1.27 bits per heavy atom. The summed E-state index contributed by atoms with van der Waals surface area (Å²) in [6.07, 6.45) is 11.2. The summed E-state index contributed by atoms with van der Waals surface area (Å²) in [4.78, 5) is 8.59. The molecule has 0 saturated heterocycles. The van der Waals surface area contributed by atoms with Gasteiger partial charge in [0.2, 0.25) is 0 Å². The highest BCUT2D eigenvalue weighted by atomic mass is 32.1. The molecule has 2 N–H and O–H groups in total. The molecule has 3 rings (SSSR count). The van der Waals surface area contributed by atoms with Crippen molar-refractivity contribution in [2.75, 3.05) is 6.54 Å². The van der Waals surface area contributed by atoms with Crippen molar-refractivity contribution in [1.29, 1.82) is 0 Å². The van der Waals surface area contributed by atoms with E-state index in [4.69, 9.17) is 12.2 Å². The van der Waals surface area contributed by atoms with E-state index in [2.05, 4.69) is 51.8 Å². The van der Waals surface area contributed by atoms with Gasteiger partial charge in [0.15, 0.2) is 0 Å². The summed E-state index contributed by atoms with van der Waals surface area (Å²) >= 11 is 5.43. The average molecular weight is 311 g/mol. The zero-order valence-electron chi connectivity index (χ0n) is 12.6. The second kappa shape index (κ2) is 7.36. The lowest BCUT2D eigenvalue weighted by Crippen LogP contribution is -2.22. The summed E-state index contributed by atoms with van der Waals surface area (Å²) in [6, 6.07) is 8.40. The van der Waals surface area contributed by atoms with Gasteiger partial charge in [-0.05, 0) is 30.9 Å². The molecule has 4 heteroatoms. The third kappa shape index (κ3) is 3.83. The molecule has 114 valence electrons. The molecule has 0 saturated carbocycles. The SMILES string of the molecule is S=C(CCc1c[nH]c2ccccc12)NCCCC1=CCC=N1. The monoisotopic (exact) mass is 311 g/mol. The van der Waals surface area contributed by atoms with Crippen LogP contribution >= 0.6 is 12.2 Å². The first kappa shape index (κ1) is 15.0. The summed E-state index contributed by atoms with van der Waals surface area (Å²) in [5.74, 6) is 0. The number of rotatable bonds is 7. The maximum absolute atomic E-state index is 5.43. The minimum Gasteiger partial charge on any atom is -0.380 e. The van der Waals surface area contributed by atoms with E-state index >= 15 is 0 Å². The van der Waals surface area contributed by atoms with Gasteiger partial charge in [-0.1, -0.05) is 36.5 Å². The van der Waals surface area contributed by atoms with E-state index in [0.717, 1.165) is 43.6 Å². The molecule has 0 spiro atoms. The lowest BCUT2D eigenvalue weighted by atomic mass is 10.1. The Balaban J connectivity index is 1.39. The van der Waals surface area contributed by atoms with Gasteiger partial charge in [-0.25, -0.2) is 0 Å². The molecule has 3 nitrogen and oxygen atoms in total. The van der Waals surface area contributed by atoms with Gasteiger partial charge in [0.25, 0.3) is 0 Å². The molecule has 1 aliphatic rings. The Morgan fingerprint density at radius 2 is 2.18 bits per heavy atom. The fraction of sp³-hybridized carbons (Fsp3) is 0.333. The summed E-state index contributed by atoms with van der Waals surface area (Å²) in [5, 5.41) is 4.66. The zero-order chi connectivity index (χ0) is 15.2. The number of nitrogens with zero attached hydrogens (tertiary/aromatic N) is 1. The number of benzene rings is 1. The number of aryl methyl sites for hydroxylation is 1. The Hall–Kier alpha value is -1.94. The van der Waals surface area contributed by atoms with Crippen LogP contribution in [0, 0.1) is 0 Å². The average Bonchev–Trinajstić information content (AvgIpc) is 3.19. The molecule has 0 aliphatic carbocycles. The summed E-state index contributed by atoms with van der Waals surface area (Å²) < 4.78 is 0. The number of aromatic amines is 1. The highest BCUT2D eigenvalue weighted by Crippen LogP contribution is 2.19. The van der Waals surface area contributed by atoms with Crippen LogP contribution in [-0.2, 0) is 6.42 Å². The van der Waals surface area contributed by atoms with Crippen LogP contribution in [0.5, 0.6) is 0 Å². The first-order valence-corrected chi connectivity index (χ1v) is 8.27. The molecule has 1 aromatic carbocycles. The van der Waals surface area contributed by atoms with E-state index in [1.807, 2.05) is 6.21 Å². The highest BCUT2D eigenvalue weighted by Gasteiger charge is 2.05. The van der Waals surface area contributed by atoms with E-state index in [9.17, 15) is 0 Å². The molecule has 0 bridgehead atoms. The normalized spacial score (nSPS) is 13.5. The lowest BCUT2D eigenvalue weighted by molar-refractivity contribution is 0.760. The van der Waals surface area contributed by atoms with Crippen LogP contribution in [0.3, 0.4) is 0 Å². The van der Waals surface area contributed by atoms with Crippen molar-refractivity contribution >= 4 is 34.3 Å². The van der Waals surface area contributed by atoms with Gasteiger partial charge >= 0.3 is 0 Å². The number of hydrogen-bond acceptors (Lipinski definition) is 2. The molecular weight excluding hydrogens is 290 g/mol. The smallest absolute Gasteiger partial charge is 0.0756 e. The Labute approximate surface area is 136 Å². The quantitative estimate of drug-likeness (QED) is 0.595. The van der Waals surface area contributed by atoms with E-state index < -0.39 is 0 Å². The molecule has 0 amide bonds. The first-order valence-electron chi connectivity index (χ1n) is 7.86. The Kier molecular flexibility index (Phi) is 5.01. The van der Waals surface area contributed by atoms with E-state index in [1.54, 1.807) is 0 Å². The Morgan fingerprint density at radius 3 is 3.05 bits per heavy atom. The third-order valence-corrected chi connectivity index (χ3v) is 4.29. The number of aromatic nitrogens is 1. The largest absolute Gasteiger partial charge is 0.380 e. The van der Waals surface area contributed by atoms with E-state index in [1.165, 1.54) is 22.2 Å². The zero-order valence-corrected chi connectivity index (χ0v) is 13.5. The van der Waals surface area contributed by atoms with Crippen LogP contribution in [0.25, 0.3) is 10.9 Å². The second-order valence-corrected chi connectivity index (χ2v) is 6.05. The number of para-hydroxylation sites is 1. The van der Waals surface area contributed by atoms with Gasteiger partial charge in [0, 0.05) is 48.4 Å². The van der Waals surface area contributed by atoms with Crippen molar-refractivity contribution in [3.8, 4) is 0 Å². The van der Waals surface area contributed by atoms with Crippen LogP contribution in [0.1, 0.15) is 31.2 Å². The number of nitrogens with one attached hydrogen (secondary N) is 2. The highest BCUT2D eigenvalue weighted by molar-refractivity contribution is 7.80. The van der Waals surface area contributed by atoms with Crippen molar-refractivity contribution in [1.82, 2.24) is 10.3 Å². The fourth-order valence-electron chi connectivity index (χ4n) is 2.75. The predicted octanol–water partition coefficient (Wildman–Crippen LogP) is 4.16. The van der Waals surface area contributed by atoms with Crippen LogP contribution < -0.4 is 5.32 Å². The van der Waals surface area contributed by atoms with E-state index in [-0.39, 0.29) is 0 Å². The van der Waals surface area contributed by atoms with Crippen LogP contribution in [0.2, 0.25) is 0 Å². The van der Waals surface area contributed by atoms with Gasteiger partial charge in [-0.3, -0.25) is 4.99 Å². The molecule has 2 aromatic rings. The molecule has 22 heavy (non-hydrogen) atoms. The molecule has 0 fully saturated rings. The van der Waals surface area contributed by atoms with Crippen molar-refractivity contribution in [2.24, 2.45) is 4.99 Å². The standard InChI is InChI=1S/C18H21N3S/c22-18(20-12-4-6-15-5-3-11-19-15)10-9-14-13-21-17-8-2-1-7-16(14)17/h1-2,5,7-8,11,13,21H,3-4,6,9-10,12H2,(H,20,22). The van der Waals surface area contributed by atoms with Gasteiger partial charge in [0.1, 0.15) is 0 Å². The minimum atomic E-state index is 0.901. The van der Waals surface area contributed by atoms with Gasteiger partial charge in [-0.15, -0.1) is 0 Å². The molecule has 1 aromatic heterocycles. The Bertz CT molecular complexity index is 712. The van der Waals surface area contributed by atoms with Gasteiger partial charge in [-0.2, -0.15) is 0 Å². The van der Waals surface area contributed by atoms with Gasteiger partial charge in [0.05, 0.1) is 4.99 Å². The minimum absolute atomic E-state index is 0.901. The topological polar surface area (TPSA) is 40.2 Å². The summed E-state index contributed by atoms with van der Waals surface area (Å²) in [5.41, 5.74) is 3.75. The number of hydrogen-bond donors (Lipinski definition) is 2. The number of H-pyrrole nitrogens is 1. The number of thiocarbonyl (C=S) groups is 1. The van der Waals surface area contributed by atoms with Crippen LogP contribution in [0.15, 0.2) is 47.2 Å². The maximum Gasteiger partial charge on any atom is 0.0756 e. The van der Waals surface area contributed by atoms with Crippen molar-refractivity contribution in [3.63, 3.8) is 0 Å². The van der Waals surface area contributed by atoms with Crippen LogP contribution in [-0.4, -0.2) is 22.7 Å². The molecule has 0 atom stereocenters. The van der Waals surface area contributed by atoms with E-state index in [0.29, 0.717) is 0 Å². The van der Waals surface area contributed by atoms with Crippen molar-refractivity contribution in [2.45, 2.75) is 32.1 Å². The molecule has 0 unspecified atom stereocenters. The summed E-state index contributed by atoms with van der Waals surface area (Å²) in [6.45, 7) is 0.930.